The predicted molar refractivity (Wildman–Crippen MR) is 106 cm³/mol. The molecule has 0 N–H and O–H groups in total. The highest BCUT2D eigenvalue weighted by molar-refractivity contribution is 7.90. The molecule has 0 radical (unpaired) electrons. The van der Waals surface area contributed by atoms with Gasteiger partial charge in [0.05, 0.1) is 4.90 Å². The third kappa shape index (κ3) is 3.45. The molecule has 1 aliphatic heterocycles. The van der Waals surface area contributed by atoms with Gasteiger partial charge >= 0.3 is 0 Å². The van der Waals surface area contributed by atoms with Crippen LogP contribution < -0.4 is 4.90 Å². The van der Waals surface area contributed by atoms with E-state index in [2.05, 4.69) is 11.2 Å². The molecular formula is C21H20N2O4S. The number of nitrogens with zero attached hydrogens (tertiary/aromatic N) is 2. The van der Waals surface area contributed by atoms with Gasteiger partial charge in [0.15, 0.2) is 21.3 Å². The molecule has 2 heterocycles. The average Bonchev–Trinajstić information content (AvgIpc) is 3.16. The SMILES string of the molecule is Cc1ccc2c(c1)CCCN2C(=O)c1cc(-c2ccc(S(C)(=O)=O)cc2)on1. The Morgan fingerprint density at radius 2 is 1.86 bits per heavy atom. The maximum absolute atomic E-state index is 13.0. The highest BCUT2D eigenvalue weighted by Crippen LogP contribution is 2.30. The van der Waals surface area contributed by atoms with Crippen molar-refractivity contribution in [3.63, 3.8) is 0 Å². The smallest absolute Gasteiger partial charge is 0.280 e. The van der Waals surface area contributed by atoms with Crippen LogP contribution >= 0.6 is 0 Å². The molecule has 1 amide bonds. The monoisotopic (exact) mass is 396 g/mol. The normalized spacial score (nSPS) is 14.0. The minimum atomic E-state index is -3.26. The van der Waals surface area contributed by atoms with Crippen molar-refractivity contribution in [3.8, 4) is 11.3 Å². The van der Waals surface area contributed by atoms with Gasteiger partial charge in [-0.2, -0.15) is 0 Å². The maximum Gasteiger partial charge on any atom is 0.280 e. The molecule has 1 aromatic heterocycles. The maximum atomic E-state index is 13.0. The quantitative estimate of drug-likeness (QED) is 0.675. The zero-order chi connectivity index (χ0) is 19.9. The molecule has 0 spiro atoms. The second-order valence-corrected chi connectivity index (χ2v) is 9.08. The average molecular weight is 396 g/mol. The summed E-state index contributed by atoms with van der Waals surface area (Å²) in [5, 5.41) is 3.94. The summed E-state index contributed by atoms with van der Waals surface area (Å²) in [7, 11) is -3.26. The van der Waals surface area contributed by atoms with Crippen LogP contribution in [0, 0.1) is 6.92 Å². The largest absolute Gasteiger partial charge is 0.355 e. The van der Waals surface area contributed by atoms with Crippen molar-refractivity contribution in [3.05, 3.63) is 65.4 Å². The Labute approximate surface area is 163 Å². The number of carbonyl (C=O) groups excluding carboxylic acids is 1. The van der Waals surface area contributed by atoms with Gasteiger partial charge in [-0.3, -0.25) is 4.79 Å². The summed E-state index contributed by atoms with van der Waals surface area (Å²) in [6, 6.07) is 14.0. The van der Waals surface area contributed by atoms with Crippen molar-refractivity contribution in [2.45, 2.75) is 24.7 Å². The van der Waals surface area contributed by atoms with Crippen molar-refractivity contribution < 1.29 is 17.7 Å². The van der Waals surface area contributed by atoms with E-state index in [1.807, 2.05) is 19.1 Å². The first kappa shape index (κ1) is 18.4. The molecule has 0 unspecified atom stereocenters. The number of rotatable bonds is 3. The third-order valence-electron chi connectivity index (χ3n) is 4.90. The van der Waals surface area contributed by atoms with E-state index in [9.17, 15) is 13.2 Å². The zero-order valence-corrected chi connectivity index (χ0v) is 16.5. The number of amides is 1. The van der Waals surface area contributed by atoms with Gasteiger partial charge in [-0.05, 0) is 55.7 Å². The van der Waals surface area contributed by atoms with Crippen molar-refractivity contribution >= 4 is 21.4 Å². The molecule has 144 valence electrons. The summed E-state index contributed by atoms with van der Waals surface area (Å²) in [5.41, 5.74) is 4.15. The molecule has 1 aliphatic rings. The number of benzene rings is 2. The van der Waals surface area contributed by atoms with Gasteiger partial charge in [-0.25, -0.2) is 8.42 Å². The fourth-order valence-electron chi connectivity index (χ4n) is 3.45. The Hall–Kier alpha value is -2.93. The standard InChI is InChI=1S/C21H20N2O4S/c1-14-5-10-19-16(12-14)4-3-11-23(19)21(24)18-13-20(27-22-18)15-6-8-17(9-7-15)28(2,25)26/h5-10,12-13H,3-4,11H2,1-2H3. The van der Waals surface area contributed by atoms with E-state index in [-0.39, 0.29) is 16.5 Å². The molecular weight excluding hydrogens is 376 g/mol. The Balaban J connectivity index is 1.61. The van der Waals surface area contributed by atoms with Gasteiger partial charge in [-0.15, -0.1) is 0 Å². The molecule has 28 heavy (non-hydrogen) atoms. The minimum absolute atomic E-state index is 0.201. The Morgan fingerprint density at radius 3 is 2.57 bits per heavy atom. The number of aryl methyl sites for hydroxylation is 2. The second kappa shape index (κ2) is 6.91. The molecule has 0 atom stereocenters. The molecule has 0 saturated heterocycles. The second-order valence-electron chi connectivity index (χ2n) is 7.07. The summed E-state index contributed by atoms with van der Waals surface area (Å²) in [6.07, 6.45) is 3.02. The molecule has 0 fully saturated rings. The topological polar surface area (TPSA) is 80.5 Å². The van der Waals surface area contributed by atoms with Crippen LogP contribution in [0.1, 0.15) is 28.0 Å². The summed E-state index contributed by atoms with van der Waals surface area (Å²) in [4.78, 5) is 15.0. The molecule has 4 rings (SSSR count). The molecule has 0 bridgehead atoms. The van der Waals surface area contributed by atoms with E-state index in [4.69, 9.17) is 4.52 Å². The summed E-state index contributed by atoms with van der Waals surface area (Å²) < 4.78 is 28.5. The van der Waals surface area contributed by atoms with Gasteiger partial charge in [0, 0.05) is 30.1 Å². The van der Waals surface area contributed by atoms with Crippen molar-refractivity contribution in [1.82, 2.24) is 5.16 Å². The van der Waals surface area contributed by atoms with Crippen molar-refractivity contribution in [2.75, 3.05) is 17.7 Å². The summed E-state index contributed by atoms with van der Waals surface area (Å²) in [6.45, 7) is 2.68. The zero-order valence-electron chi connectivity index (χ0n) is 15.7. The minimum Gasteiger partial charge on any atom is -0.355 e. The van der Waals surface area contributed by atoms with Gasteiger partial charge in [-0.1, -0.05) is 22.9 Å². The first-order valence-electron chi connectivity index (χ1n) is 9.01. The lowest BCUT2D eigenvalue weighted by molar-refractivity contribution is 0.0976. The van der Waals surface area contributed by atoms with Crippen LogP contribution in [0.15, 0.2) is 57.9 Å². The Kier molecular flexibility index (Phi) is 4.55. The fraction of sp³-hybridized carbons (Fsp3) is 0.238. The van der Waals surface area contributed by atoms with E-state index in [1.54, 1.807) is 23.1 Å². The lowest BCUT2D eigenvalue weighted by Gasteiger charge is -2.29. The van der Waals surface area contributed by atoms with Crippen molar-refractivity contribution in [1.29, 1.82) is 0 Å². The van der Waals surface area contributed by atoms with Crippen LogP contribution in [0.25, 0.3) is 11.3 Å². The van der Waals surface area contributed by atoms with E-state index in [1.165, 1.54) is 23.3 Å². The Morgan fingerprint density at radius 1 is 1.11 bits per heavy atom. The molecule has 0 saturated carbocycles. The van der Waals surface area contributed by atoms with Gasteiger partial charge in [0.1, 0.15) is 0 Å². The number of hydrogen-bond donors (Lipinski definition) is 0. The summed E-state index contributed by atoms with van der Waals surface area (Å²) in [5.74, 6) is 0.220. The van der Waals surface area contributed by atoms with E-state index < -0.39 is 9.84 Å². The van der Waals surface area contributed by atoms with Crippen LogP contribution in [0.4, 0.5) is 5.69 Å². The molecule has 7 heteroatoms. The van der Waals surface area contributed by atoms with Crippen LogP contribution in [-0.2, 0) is 16.3 Å². The van der Waals surface area contributed by atoms with Crippen LogP contribution in [0.2, 0.25) is 0 Å². The summed E-state index contributed by atoms with van der Waals surface area (Å²) >= 11 is 0. The number of fused-ring (bicyclic) bond motifs is 1. The van der Waals surface area contributed by atoms with Crippen LogP contribution in [0.3, 0.4) is 0 Å². The van der Waals surface area contributed by atoms with E-state index in [0.29, 0.717) is 17.9 Å². The van der Waals surface area contributed by atoms with Gasteiger partial charge < -0.3 is 9.42 Å². The lowest BCUT2D eigenvalue weighted by Crippen LogP contribution is -2.35. The van der Waals surface area contributed by atoms with Gasteiger partial charge in [0.2, 0.25) is 0 Å². The van der Waals surface area contributed by atoms with E-state index >= 15 is 0 Å². The lowest BCUT2D eigenvalue weighted by atomic mass is 9.99. The number of anilines is 1. The first-order valence-corrected chi connectivity index (χ1v) is 10.9. The highest BCUT2D eigenvalue weighted by Gasteiger charge is 2.26. The molecule has 3 aromatic rings. The first-order chi connectivity index (χ1) is 13.3. The fourth-order valence-corrected chi connectivity index (χ4v) is 4.08. The third-order valence-corrected chi connectivity index (χ3v) is 6.02. The van der Waals surface area contributed by atoms with Crippen molar-refractivity contribution in [2.24, 2.45) is 0 Å². The van der Waals surface area contributed by atoms with E-state index in [0.717, 1.165) is 24.8 Å². The van der Waals surface area contributed by atoms with Gasteiger partial charge in [0.25, 0.3) is 5.91 Å². The number of aromatic nitrogens is 1. The molecule has 6 nitrogen and oxygen atoms in total. The highest BCUT2D eigenvalue weighted by atomic mass is 32.2. The van der Waals surface area contributed by atoms with Crippen LogP contribution in [0.5, 0.6) is 0 Å². The molecule has 0 aliphatic carbocycles. The number of sulfone groups is 1. The molecule has 2 aromatic carbocycles. The number of hydrogen-bond acceptors (Lipinski definition) is 5. The number of carbonyl (C=O) groups is 1. The Bertz CT molecular complexity index is 1150. The van der Waals surface area contributed by atoms with Crippen LogP contribution in [-0.4, -0.2) is 32.3 Å². The predicted octanol–water partition coefficient (Wildman–Crippen LogP) is 3.65.